The van der Waals surface area contributed by atoms with Gasteiger partial charge in [-0.1, -0.05) is 48.0 Å². The van der Waals surface area contributed by atoms with Gasteiger partial charge in [-0.2, -0.15) is 0 Å². The maximum Gasteiger partial charge on any atom is 0.155 e. The summed E-state index contributed by atoms with van der Waals surface area (Å²) in [4.78, 5) is 10.7. The minimum atomic E-state index is -1.45. The molecule has 1 aliphatic carbocycles. The summed E-state index contributed by atoms with van der Waals surface area (Å²) in [6.07, 6.45) is 3.82. The number of allylic oxidation sites excluding steroid dienone is 2. The number of benzene rings is 1. The fourth-order valence-electron chi connectivity index (χ4n) is 1.67. The molecule has 0 spiro atoms. The van der Waals surface area contributed by atoms with Gasteiger partial charge in [0, 0.05) is 11.5 Å². The molecule has 2 rings (SSSR count). The molecule has 0 bridgehead atoms. The molecule has 1 aromatic rings. The highest BCUT2D eigenvalue weighted by molar-refractivity contribution is 6.33. The zero-order valence-electron chi connectivity index (χ0n) is 8.56. The molecule has 1 unspecified atom stereocenters. The van der Waals surface area contributed by atoms with Gasteiger partial charge in [0.05, 0.1) is 0 Å². The quantitative estimate of drug-likeness (QED) is 0.799. The zero-order chi connectivity index (χ0) is 11.6. The first-order valence-corrected chi connectivity index (χ1v) is 5.34. The highest BCUT2D eigenvalue weighted by atomic mass is 35.5. The summed E-state index contributed by atoms with van der Waals surface area (Å²) in [5.41, 5.74) is 0.389. The van der Waals surface area contributed by atoms with Crippen LogP contribution in [0.1, 0.15) is 12.0 Å². The van der Waals surface area contributed by atoms with E-state index in [0.717, 1.165) is 11.1 Å². The fourth-order valence-corrected chi connectivity index (χ4v) is 2.06. The molecular weight excluding hydrogens is 224 g/mol. The van der Waals surface area contributed by atoms with E-state index in [2.05, 4.69) is 0 Å². The van der Waals surface area contributed by atoms with Crippen LogP contribution in [0.15, 0.2) is 47.5 Å². The van der Waals surface area contributed by atoms with Crippen LogP contribution in [-0.4, -0.2) is 17.0 Å². The molecule has 2 nitrogen and oxygen atoms in total. The topological polar surface area (TPSA) is 37.3 Å². The summed E-state index contributed by atoms with van der Waals surface area (Å²) in [7, 11) is 0. The van der Waals surface area contributed by atoms with Crippen LogP contribution in [0.2, 0.25) is 0 Å². The molecule has 1 atom stereocenters. The van der Waals surface area contributed by atoms with E-state index in [0.29, 0.717) is 11.3 Å². The second-order valence-corrected chi connectivity index (χ2v) is 4.26. The van der Waals surface area contributed by atoms with Crippen molar-refractivity contribution in [2.45, 2.75) is 12.0 Å². The van der Waals surface area contributed by atoms with E-state index in [1.54, 1.807) is 6.08 Å². The number of carbonyl (C=O) groups is 1. The molecule has 0 aliphatic heterocycles. The monoisotopic (exact) mass is 234 g/mol. The maximum absolute atomic E-state index is 10.7. The van der Waals surface area contributed by atoms with Crippen molar-refractivity contribution >= 4 is 23.5 Å². The first-order chi connectivity index (χ1) is 7.64. The van der Waals surface area contributed by atoms with Gasteiger partial charge in [0.1, 0.15) is 5.60 Å². The van der Waals surface area contributed by atoms with E-state index >= 15 is 0 Å². The predicted octanol–water partition coefficient (Wildman–Crippen LogP) is 2.53. The Balaban J connectivity index is 2.37. The third-order valence-corrected chi connectivity index (χ3v) is 2.90. The molecule has 3 heteroatoms. The Morgan fingerprint density at radius 2 is 2.00 bits per heavy atom. The molecule has 82 valence electrons. The highest BCUT2D eigenvalue weighted by Gasteiger charge is 2.28. The SMILES string of the molecule is O=CC1(O)C=CC(c2ccccc2)=C(Cl)C1. The predicted molar refractivity (Wildman–Crippen MR) is 64.0 cm³/mol. The third-order valence-electron chi connectivity index (χ3n) is 2.56. The number of rotatable bonds is 2. The molecule has 0 heterocycles. The molecule has 0 saturated carbocycles. The summed E-state index contributed by atoms with van der Waals surface area (Å²) in [6, 6.07) is 9.63. The van der Waals surface area contributed by atoms with Crippen LogP contribution in [0, 0.1) is 0 Å². The van der Waals surface area contributed by atoms with Crippen molar-refractivity contribution < 1.29 is 9.90 Å². The number of hydrogen-bond acceptors (Lipinski definition) is 2. The van der Waals surface area contributed by atoms with Gasteiger partial charge in [-0.25, -0.2) is 0 Å². The molecule has 0 fully saturated rings. The van der Waals surface area contributed by atoms with Crippen molar-refractivity contribution in [2.75, 3.05) is 0 Å². The third kappa shape index (κ3) is 2.08. The summed E-state index contributed by atoms with van der Waals surface area (Å²) in [5, 5.41) is 10.2. The van der Waals surface area contributed by atoms with Gasteiger partial charge in [-0.3, -0.25) is 4.79 Å². The van der Waals surface area contributed by atoms with E-state index in [9.17, 15) is 9.90 Å². The summed E-state index contributed by atoms with van der Waals surface area (Å²) in [5.74, 6) is 0. The Bertz CT molecular complexity index is 462. The van der Waals surface area contributed by atoms with Gasteiger partial charge in [0.2, 0.25) is 0 Å². The molecule has 0 aromatic heterocycles. The van der Waals surface area contributed by atoms with Gasteiger partial charge in [-0.05, 0) is 17.2 Å². The van der Waals surface area contributed by atoms with Gasteiger partial charge in [-0.15, -0.1) is 0 Å². The molecular formula is C13H11ClO2. The van der Waals surface area contributed by atoms with Crippen molar-refractivity contribution in [1.29, 1.82) is 0 Å². The minimum absolute atomic E-state index is 0.138. The van der Waals surface area contributed by atoms with E-state index < -0.39 is 5.60 Å². The minimum Gasteiger partial charge on any atom is -0.378 e. The summed E-state index contributed by atoms with van der Waals surface area (Å²) in [6.45, 7) is 0. The standard InChI is InChI=1S/C13H11ClO2/c14-12-8-13(16,9-15)7-6-11(12)10-4-2-1-3-5-10/h1-7,9,16H,8H2. The lowest BCUT2D eigenvalue weighted by Gasteiger charge is -2.22. The van der Waals surface area contributed by atoms with Crippen LogP contribution in [-0.2, 0) is 4.79 Å². The Labute approximate surface area is 98.9 Å². The maximum atomic E-state index is 10.7. The molecule has 16 heavy (non-hydrogen) atoms. The first kappa shape index (κ1) is 11.1. The Morgan fingerprint density at radius 1 is 1.31 bits per heavy atom. The number of aldehydes is 1. The normalized spacial score (nSPS) is 24.6. The Morgan fingerprint density at radius 3 is 2.56 bits per heavy atom. The van der Waals surface area contributed by atoms with Crippen LogP contribution < -0.4 is 0 Å². The van der Waals surface area contributed by atoms with E-state index in [1.165, 1.54) is 6.08 Å². The second kappa shape index (κ2) is 4.24. The number of halogens is 1. The zero-order valence-corrected chi connectivity index (χ0v) is 9.32. The Kier molecular flexibility index (Phi) is 2.95. The molecule has 0 amide bonds. The van der Waals surface area contributed by atoms with Gasteiger partial charge >= 0.3 is 0 Å². The molecule has 0 saturated heterocycles. The number of hydrogen-bond donors (Lipinski definition) is 1. The largest absolute Gasteiger partial charge is 0.378 e. The summed E-state index contributed by atoms with van der Waals surface area (Å²) < 4.78 is 0. The Hall–Kier alpha value is -1.38. The van der Waals surface area contributed by atoms with Crippen molar-refractivity contribution in [2.24, 2.45) is 0 Å². The lowest BCUT2D eigenvalue weighted by atomic mass is 9.90. The van der Waals surface area contributed by atoms with Crippen LogP contribution in [0.3, 0.4) is 0 Å². The lowest BCUT2D eigenvalue weighted by Crippen LogP contribution is -2.29. The van der Waals surface area contributed by atoms with Crippen LogP contribution in [0.4, 0.5) is 0 Å². The smallest absolute Gasteiger partial charge is 0.155 e. The van der Waals surface area contributed by atoms with Crippen molar-refractivity contribution in [3.8, 4) is 0 Å². The second-order valence-electron chi connectivity index (χ2n) is 3.80. The van der Waals surface area contributed by atoms with E-state index in [1.807, 2.05) is 30.3 Å². The van der Waals surface area contributed by atoms with Gasteiger partial charge in [0.15, 0.2) is 6.29 Å². The molecule has 1 aromatic carbocycles. The van der Waals surface area contributed by atoms with E-state index in [4.69, 9.17) is 11.6 Å². The molecule has 1 N–H and O–H groups in total. The summed E-state index contributed by atoms with van der Waals surface area (Å²) >= 11 is 6.09. The van der Waals surface area contributed by atoms with Crippen molar-refractivity contribution in [3.63, 3.8) is 0 Å². The van der Waals surface area contributed by atoms with Gasteiger partial charge < -0.3 is 5.11 Å². The van der Waals surface area contributed by atoms with Gasteiger partial charge in [0.25, 0.3) is 0 Å². The number of carbonyl (C=O) groups excluding carboxylic acids is 1. The lowest BCUT2D eigenvalue weighted by molar-refractivity contribution is -0.119. The van der Waals surface area contributed by atoms with Crippen LogP contribution >= 0.6 is 11.6 Å². The first-order valence-electron chi connectivity index (χ1n) is 4.97. The van der Waals surface area contributed by atoms with E-state index in [-0.39, 0.29) is 6.42 Å². The number of aliphatic hydroxyl groups is 1. The van der Waals surface area contributed by atoms with Crippen LogP contribution in [0.5, 0.6) is 0 Å². The fraction of sp³-hybridized carbons (Fsp3) is 0.154. The molecule has 0 radical (unpaired) electrons. The average Bonchev–Trinajstić information content (AvgIpc) is 2.30. The van der Waals surface area contributed by atoms with Crippen molar-refractivity contribution in [1.82, 2.24) is 0 Å². The highest BCUT2D eigenvalue weighted by Crippen LogP contribution is 2.33. The average molecular weight is 235 g/mol. The molecule has 1 aliphatic rings. The van der Waals surface area contributed by atoms with Crippen molar-refractivity contribution in [3.05, 3.63) is 53.1 Å². The van der Waals surface area contributed by atoms with Crippen LogP contribution in [0.25, 0.3) is 5.57 Å².